The normalized spacial score (nSPS) is 22.4. The predicted molar refractivity (Wildman–Crippen MR) is 68.9 cm³/mol. The number of hydrogen-bond acceptors (Lipinski definition) is 3. The van der Waals surface area contributed by atoms with Crippen molar-refractivity contribution < 1.29 is 0 Å². The number of nitrogens with one attached hydrogen (secondary N) is 1. The monoisotopic (exact) mass is 303 g/mol. The minimum Gasteiger partial charge on any atom is -0.399 e. The first kappa shape index (κ1) is 10.0. The molecular formula is C10H14IN3. The van der Waals surface area contributed by atoms with Gasteiger partial charge in [0.25, 0.3) is 0 Å². The summed E-state index contributed by atoms with van der Waals surface area (Å²) < 4.78 is 0.541. The Morgan fingerprint density at radius 3 is 2.71 bits per heavy atom. The van der Waals surface area contributed by atoms with E-state index < -0.39 is 0 Å². The largest absolute Gasteiger partial charge is 0.399 e. The quantitative estimate of drug-likeness (QED) is 0.357. The van der Waals surface area contributed by atoms with Crippen LogP contribution in [0, 0.1) is 0 Å². The van der Waals surface area contributed by atoms with E-state index in [4.69, 9.17) is 5.73 Å². The summed E-state index contributed by atoms with van der Waals surface area (Å²) in [5, 5.41) is 3.41. The summed E-state index contributed by atoms with van der Waals surface area (Å²) in [6.07, 6.45) is 0. The molecule has 0 saturated carbocycles. The topological polar surface area (TPSA) is 41.3 Å². The molecular weight excluding hydrogens is 289 g/mol. The van der Waals surface area contributed by atoms with Crippen LogP contribution in [0.5, 0.6) is 0 Å². The van der Waals surface area contributed by atoms with Gasteiger partial charge >= 0.3 is 0 Å². The molecule has 0 radical (unpaired) electrons. The second kappa shape index (κ2) is 4.35. The van der Waals surface area contributed by atoms with Gasteiger partial charge in [-0.3, -0.25) is 0 Å². The molecule has 3 nitrogen and oxygen atoms in total. The highest BCUT2D eigenvalue weighted by molar-refractivity contribution is 14.1. The standard InChI is InChI=1S/C10H14IN3/c11-10-7-14(6-5-13-10)9-3-1-8(12)2-4-9/h1-4,10,13H,5-7,12H2/t10-/m1/s1. The number of halogens is 1. The zero-order valence-electron chi connectivity index (χ0n) is 7.91. The summed E-state index contributed by atoms with van der Waals surface area (Å²) in [5.74, 6) is 0. The number of anilines is 2. The van der Waals surface area contributed by atoms with Crippen LogP contribution in [0.1, 0.15) is 0 Å². The number of alkyl halides is 1. The fourth-order valence-electron chi connectivity index (χ4n) is 1.63. The average Bonchev–Trinajstić information content (AvgIpc) is 2.19. The lowest BCUT2D eigenvalue weighted by molar-refractivity contribution is 0.573. The van der Waals surface area contributed by atoms with E-state index in [9.17, 15) is 0 Å². The molecule has 14 heavy (non-hydrogen) atoms. The lowest BCUT2D eigenvalue weighted by Gasteiger charge is -2.32. The second-order valence-corrected chi connectivity index (χ2v) is 4.96. The smallest absolute Gasteiger partial charge is 0.0771 e. The molecule has 0 bridgehead atoms. The molecule has 0 spiro atoms. The Balaban J connectivity index is 2.10. The van der Waals surface area contributed by atoms with Gasteiger partial charge in [0.1, 0.15) is 0 Å². The number of hydrogen-bond donors (Lipinski definition) is 2. The third-order valence-electron chi connectivity index (χ3n) is 2.39. The minimum atomic E-state index is 0.541. The van der Waals surface area contributed by atoms with Crippen molar-refractivity contribution in [2.75, 3.05) is 30.3 Å². The second-order valence-electron chi connectivity index (χ2n) is 3.46. The van der Waals surface area contributed by atoms with Gasteiger partial charge in [0.05, 0.1) is 4.05 Å². The van der Waals surface area contributed by atoms with E-state index in [1.54, 1.807) is 0 Å². The lowest BCUT2D eigenvalue weighted by Crippen LogP contribution is -2.47. The first-order valence-corrected chi connectivity index (χ1v) is 5.98. The number of nitrogens with two attached hydrogens (primary N) is 1. The summed E-state index contributed by atoms with van der Waals surface area (Å²) in [6.45, 7) is 3.19. The van der Waals surface area contributed by atoms with Gasteiger partial charge in [-0.05, 0) is 24.3 Å². The third-order valence-corrected chi connectivity index (χ3v) is 3.22. The Morgan fingerprint density at radius 1 is 1.36 bits per heavy atom. The van der Waals surface area contributed by atoms with Gasteiger partial charge in [0, 0.05) is 31.0 Å². The van der Waals surface area contributed by atoms with Crippen molar-refractivity contribution in [1.29, 1.82) is 0 Å². The van der Waals surface area contributed by atoms with Gasteiger partial charge < -0.3 is 16.0 Å². The Hall–Kier alpha value is -0.490. The molecule has 1 heterocycles. The van der Waals surface area contributed by atoms with Crippen molar-refractivity contribution in [3.8, 4) is 0 Å². The maximum absolute atomic E-state index is 5.65. The van der Waals surface area contributed by atoms with E-state index in [-0.39, 0.29) is 0 Å². The molecule has 1 saturated heterocycles. The molecule has 0 aromatic heterocycles. The van der Waals surface area contributed by atoms with E-state index in [2.05, 4.69) is 44.9 Å². The molecule has 4 heteroatoms. The number of rotatable bonds is 1. The maximum Gasteiger partial charge on any atom is 0.0771 e. The van der Waals surface area contributed by atoms with Crippen LogP contribution >= 0.6 is 22.6 Å². The van der Waals surface area contributed by atoms with Crippen LogP contribution in [-0.2, 0) is 0 Å². The molecule has 76 valence electrons. The Labute approximate surface area is 97.8 Å². The van der Waals surface area contributed by atoms with E-state index in [0.29, 0.717) is 4.05 Å². The van der Waals surface area contributed by atoms with Crippen molar-refractivity contribution in [2.45, 2.75) is 4.05 Å². The number of nitrogen functional groups attached to an aromatic ring is 1. The molecule has 1 aromatic carbocycles. The highest BCUT2D eigenvalue weighted by Gasteiger charge is 2.16. The van der Waals surface area contributed by atoms with Gasteiger partial charge in [0.15, 0.2) is 0 Å². The zero-order valence-corrected chi connectivity index (χ0v) is 10.1. The van der Waals surface area contributed by atoms with Crippen LogP contribution in [0.4, 0.5) is 11.4 Å². The molecule has 1 atom stereocenters. The molecule has 1 aliphatic heterocycles. The highest BCUT2D eigenvalue weighted by Crippen LogP contribution is 2.18. The van der Waals surface area contributed by atoms with E-state index >= 15 is 0 Å². The first-order chi connectivity index (χ1) is 6.75. The summed E-state index contributed by atoms with van der Waals surface area (Å²) in [4.78, 5) is 2.38. The number of nitrogens with zero attached hydrogens (tertiary/aromatic N) is 1. The van der Waals surface area contributed by atoms with Gasteiger partial charge in [-0.25, -0.2) is 0 Å². The minimum absolute atomic E-state index is 0.541. The molecule has 3 N–H and O–H groups in total. The molecule has 0 unspecified atom stereocenters. The van der Waals surface area contributed by atoms with Gasteiger partial charge in [-0.2, -0.15) is 0 Å². The summed E-state index contributed by atoms with van der Waals surface area (Å²) in [5.41, 5.74) is 7.75. The maximum atomic E-state index is 5.65. The highest BCUT2D eigenvalue weighted by atomic mass is 127. The zero-order chi connectivity index (χ0) is 9.97. The summed E-state index contributed by atoms with van der Waals surface area (Å²) in [7, 11) is 0. The van der Waals surface area contributed by atoms with Crippen LogP contribution in [0.2, 0.25) is 0 Å². The van der Waals surface area contributed by atoms with Crippen LogP contribution in [0.3, 0.4) is 0 Å². The van der Waals surface area contributed by atoms with Crippen LogP contribution in [0.25, 0.3) is 0 Å². The van der Waals surface area contributed by atoms with E-state index in [1.807, 2.05) is 12.1 Å². The molecule has 0 aliphatic carbocycles. The SMILES string of the molecule is Nc1ccc(N2CCN[C@@H](I)C2)cc1. The number of benzene rings is 1. The van der Waals surface area contributed by atoms with Gasteiger partial charge in [0.2, 0.25) is 0 Å². The molecule has 0 amide bonds. The summed E-state index contributed by atoms with van der Waals surface area (Å²) >= 11 is 2.43. The number of piperazine rings is 1. The van der Waals surface area contributed by atoms with Crippen molar-refractivity contribution in [3.05, 3.63) is 24.3 Å². The van der Waals surface area contributed by atoms with Crippen molar-refractivity contribution in [1.82, 2.24) is 5.32 Å². The summed E-state index contributed by atoms with van der Waals surface area (Å²) in [6, 6.07) is 8.09. The third kappa shape index (κ3) is 2.30. The Bertz CT molecular complexity index is 299. The van der Waals surface area contributed by atoms with Crippen LogP contribution in [0.15, 0.2) is 24.3 Å². The van der Waals surface area contributed by atoms with Crippen molar-refractivity contribution >= 4 is 34.0 Å². The van der Waals surface area contributed by atoms with Crippen LogP contribution in [-0.4, -0.2) is 23.7 Å². The Morgan fingerprint density at radius 2 is 2.07 bits per heavy atom. The fraction of sp³-hybridized carbons (Fsp3) is 0.400. The molecule has 1 aromatic rings. The van der Waals surface area contributed by atoms with Crippen molar-refractivity contribution in [2.24, 2.45) is 0 Å². The molecule has 1 aliphatic rings. The van der Waals surface area contributed by atoms with Gasteiger partial charge in [-0.15, -0.1) is 0 Å². The fourth-order valence-corrected chi connectivity index (χ4v) is 2.41. The first-order valence-electron chi connectivity index (χ1n) is 4.73. The molecule has 2 rings (SSSR count). The van der Waals surface area contributed by atoms with E-state index in [1.165, 1.54) is 5.69 Å². The van der Waals surface area contributed by atoms with E-state index in [0.717, 1.165) is 25.3 Å². The lowest BCUT2D eigenvalue weighted by atomic mass is 10.2. The van der Waals surface area contributed by atoms with Gasteiger partial charge in [-0.1, -0.05) is 22.6 Å². The average molecular weight is 303 g/mol. The molecule has 1 fully saturated rings. The predicted octanol–water partition coefficient (Wildman–Crippen LogP) is 1.44. The Kier molecular flexibility index (Phi) is 3.12. The van der Waals surface area contributed by atoms with Crippen molar-refractivity contribution in [3.63, 3.8) is 0 Å². The van der Waals surface area contributed by atoms with Crippen LogP contribution < -0.4 is 16.0 Å².